The standard InChI is InChI=1S/C15H27N/c1-15(2)8-7-13(9-15)16-10-14(11-3-4-11)12-5-6-12/h11-14,16H,3-10H2,1-2H3. The second kappa shape index (κ2) is 4.01. The third-order valence-electron chi connectivity index (χ3n) is 5.07. The molecule has 1 N–H and O–H groups in total. The van der Waals surface area contributed by atoms with E-state index < -0.39 is 0 Å². The molecule has 3 aliphatic rings. The molecule has 1 heteroatoms. The maximum atomic E-state index is 3.88. The molecule has 0 saturated heterocycles. The number of nitrogens with one attached hydrogen (secondary N) is 1. The Bertz CT molecular complexity index is 238. The van der Waals surface area contributed by atoms with Gasteiger partial charge in [-0.05, 0) is 74.7 Å². The van der Waals surface area contributed by atoms with Gasteiger partial charge in [0.1, 0.15) is 0 Å². The van der Waals surface area contributed by atoms with Crippen molar-refractivity contribution in [3.05, 3.63) is 0 Å². The van der Waals surface area contributed by atoms with Crippen molar-refractivity contribution in [3.8, 4) is 0 Å². The highest BCUT2D eigenvalue weighted by Crippen LogP contribution is 2.49. The van der Waals surface area contributed by atoms with Crippen molar-refractivity contribution in [2.45, 2.75) is 64.8 Å². The van der Waals surface area contributed by atoms with Gasteiger partial charge in [0, 0.05) is 6.04 Å². The topological polar surface area (TPSA) is 12.0 Å². The van der Waals surface area contributed by atoms with Gasteiger partial charge >= 0.3 is 0 Å². The molecule has 16 heavy (non-hydrogen) atoms. The summed E-state index contributed by atoms with van der Waals surface area (Å²) in [7, 11) is 0. The molecule has 3 rings (SSSR count). The summed E-state index contributed by atoms with van der Waals surface area (Å²) in [5, 5.41) is 3.88. The molecule has 92 valence electrons. The Morgan fingerprint density at radius 2 is 1.69 bits per heavy atom. The van der Waals surface area contributed by atoms with Crippen molar-refractivity contribution < 1.29 is 0 Å². The van der Waals surface area contributed by atoms with Gasteiger partial charge in [-0.15, -0.1) is 0 Å². The average Bonchev–Trinajstić information content (AvgIpc) is 3.08. The Morgan fingerprint density at radius 1 is 1.06 bits per heavy atom. The predicted octanol–water partition coefficient (Wildman–Crippen LogP) is 3.59. The Morgan fingerprint density at radius 3 is 2.12 bits per heavy atom. The molecule has 0 amide bonds. The van der Waals surface area contributed by atoms with E-state index >= 15 is 0 Å². The van der Waals surface area contributed by atoms with Crippen molar-refractivity contribution in [2.24, 2.45) is 23.2 Å². The Kier molecular flexibility index (Phi) is 2.78. The lowest BCUT2D eigenvalue weighted by Gasteiger charge is -2.21. The largest absolute Gasteiger partial charge is 0.314 e. The highest BCUT2D eigenvalue weighted by atomic mass is 14.9. The van der Waals surface area contributed by atoms with Crippen LogP contribution in [0.15, 0.2) is 0 Å². The number of hydrogen-bond acceptors (Lipinski definition) is 1. The summed E-state index contributed by atoms with van der Waals surface area (Å²) in [4.78, 5) is 0. The summed E-state index contributed by atoms with van der Waals surface area (Å²) >= 11 is 0. The van der Waals surface area contributed by atoms with Gasteiger partial charge in [0.15, 0.2) is 0 Å². The van der Waals surface area contributed by atoms with Crippen LogP contribution in [0, 0.1) is 23.2 Å². The van der Waals surface area contributed by atoms with Gasteiger partial charge in [-0.1, -0.05) is 13.8 Å². The van der Waals surface area contributed by atoms with Gasteiger partial charge in [0.05, 0.1) is 0 Å². The van der Waals surface area contributed by atoms with Gasteiger partial charge < -0.3 is 5.32 Å². The monoisotopic (exact) mass is 221 g/mol. The summed E-state index contributed by atoms with van der Waals surface area (Å²) in [6.45, 7) is 6.18. The van der Waals surface area contributed by atoms with Gasteiger partial charge in [0.2, 0.25) is 0 Å². The first-order valence-electron chi connectivity index (χ1n) is 7.37. The quantitative estimate of drug-likeness (QED) is 0.748. The molecular formula is C15H27N. The van der Waals surface area contributed by atoms with Crippen LogP contribution in [0.25, 0.3) is 0 Å². The van der Waals surface area contributed by atoms with Crippen LogP contribution in [0.1, 0.15) is 58.8 Å². The van der Waals surface area contributed by atoms with Crippen LogP contribution in [0.3, 0.4) is 0 Å². The van der Waals surface area contributed by atoms with Crippen molar-refractivity contribution in [3.63, 3.8) is 0 Å². The smallest absolute Gasteiger partial charge is 0.00724 e. The second-order valence-electron chi connectivity index (χ2n) is 7.35. The lowest BCUT2D eigenvalue weighted by Crippen LogP contribution is -2.33. The summed E-state index contributed by atoms with van der Waals surface area (Å²) in [6, 6.07) is 0.829. The zero-order valence-corrected chi connectivity index (χ0v) is 11.0. The van der Waals surface area contributed by atoms with Crippen molar-refractivity contribution in [1.82, 2.24) is 5.32 Å². The minimum Gasteiger partial charge on any atom is -0.314 e. The van der Waals surface area contributed by atoms with Gasteiger partial charge in [-0.2, -0.15) is 0 Å². The summed E-state index contributed by atoms with van der Waals surface area (Å²) in [5.74, 6) is 3.26. The van der Waals surface area contributed by atoms with E-state index in [0.29, 0.717) is 5.41 Å². The maximum Gasteiger partial charge on any atom is 0.00724 e. The highest BCUT2D eigenvalue weighted by molar-refractivity contribution is 4.94. The molecular weight excluding hydrogens is 194 g/mol. The molecule has 0 heterocycles. The van der Waals surface area contributed by atoms with Crippen LogP contribution >= 0.6 is 0 Å². The summed E-state index contributed by atoms with van der Waals surface area (Å²) < 4.78 is 0. The van der Waals surface area contributed by atoms with Gasteiger partial charge in [-0.25, -0.2) is 0 Å². The summed E-state index contributed by atoms with van der Waals surface area (Å²) in [5.41, 5.74) is 0.603. The van der Waals surface area contributed by atoms with Crippen LogP contribution in [0.5, 0.6) is 0 Å². The maximum absolute atomic E-state index is 3.88. The van der Waals surface area contributed by atoms with E-state index in [1.165, 1.54) is 51.5 Å². The molecule has 1 unspecified atom stereocenters. The first-order valence-corrected chi connectivity index (χ1v) is 7.37. The van der Waals surface area contributed by atoms with E-state index in [9.17, 15) is 0 Å². The van der Waals surface area contributed by atoms with E-state index in [2.05, 4.69) is 19.2 Å². The lowest BCUT2D eigenvalue weighted by molar-refractivity contribution is 0.332. The molecule has 0 spiro atoms. The molecule has 0 aromatic rings. The first kappa shape index (κ1) is 11.1. The molecule has 3 aliphatic carbocycles. The van der Waals surface area contributed by atoms with Crippen LogP contribution in [0.2, 0.25) is 0 Å². The normalized spacial score (nSPS) is 33.6. The van der Waals surface area contributed by atoms with E-state index in [0.717, 1.165) is 23.8 Å². The Balaban J connectivity index is 1.45. The zero-order valence-electron chi connectivity index (χ0n) is 11.0. The molecule has 1 nitrogen and oxygen atoms in total. The molecule has 0 bridgehead atoms. The van der Waals surface area contributed by atoms with Crippen molar-refractivity contribution in [2.75, 3.05) is 6.54 Å². The molecule has 3 fully saturated rings. The molecule has 1 atom stereocenters. The summed E-state index contributed by atoms with van der Waals surface area (Å²) in [6.07, 6.45) is 10.3. The fraction of sp³-hybridized carbons (Fsp3) is 1.00. The average molecular weight is 221 g/mol. The fourth-order valence-electron chi connectivity index (χ4n) is 3.68. The molecule has 0 aromatic carbocycles. The SMILES string of the molecule is CC1(C)CCC(NCC(C2CC2)C2CC2)C1. The predicted molar refractivity (Wildman–Crippen MR) is 68.4 cm³/mol. The van der Waals surface area contributed by atoms with Crippen LogP contribution in [0.4, 0.5) is 0 Å². The Labute approximate surface area is 100 Å². The van der Waals surface area contributed by atoms with Crippen molar-refractivity contribution in [1.29, 1.82) is 0 Å². The van der Waals surface area contributed by atoms with Gasteiger partial charge in [0.25, 0.3) is 0 Å². The van der Waals surface area contributed by atoms with Crippen molar-refractivity contribution >= 4 is 0 Å². The fourth-order valence-corrected chi connectivity index (χ4v) is 3.68. The van der Waals surface area contributed by atoms with E-state index in [4.69, 9.17) is 0 Å². The van der Waals surface area contributed by atoms with Gasteiger partial charge in [-0.3, -0.25) is 0 Å². The third kappa shape index (κ3) is 2.61. The van der Waals surface area contributed by atoms with E-state index in [1.807, 2.05) is 0 Å². The van der Waals surface area contributed by atoms with Crippen LogP contribution in [-0.4, -0.2) is 12.6 Å². The molecule has 3 saturated carbocycles. The Hall–Kier alpha value is -0.0400. The second-order valence-corrected chi connectivity index (χ2v) is 7.35. The molecule has 0 radical (unpaired) electrons. The first-order chi connectivity index (χ1) is 7.64. The van der Waals surface area contributed by atoms with E-state index in [1.54, 1.807) is 0 Å². The zero-order chi connectivity index (χ0) is 11.2. The minimum atomic E-state index is 0.603. The van der Waals surface area contributed by atoms with E-state index in [-0.39, 0.29) is 0 Å². The third-order valence-corrected chi connectivity index (χ3v) is 5.07. The van der Waals surface area contributed by atoms with Crippen LogP contribution < -0.4 is 5.32 Å². The van der Waals surface area contributed by atoms with Crippen LogP contribution in [-0.2, 0) is 0 Å². The lowest BCUT2D eigenvalue weighted by atomic mass is 9.91. The molecule has 0 aliphatic heterocycles. The minimum absolute atomic E-state index is 0.603. The number of rotatable bonds is 5. The number of hydrogen-bond donors (Lipinski definition) is 1. The highest BCUT2D eigenvalue weighted by Gasteiger charge is 2.41. The molecule has 0 aromatic heterocycles.